The molecule has 2 aromatic heterocycles. The van der Waals surface area contributed by atoms with Gasteiger partial charge in [-0.25, -0.2) is 4.68 Å². The molecular weight excluding hydrogens is 370 g/mol. The minimum atomic E-state index is 0.210. The zero-order valence-corrected chi connectivity index (χ0v) is 14.8. The van der Waals surface area contributed by atoms with Gasteiger partial charge in [0.15, 0.2) is 17.2 Å². The first-order valence-corrected chi connectivity index (χ1v) is 8.49. The zero-order valence-electron chi connectivity index (χ0n) is 14.1. The summed E-state index contributed by atoms with van der Waals surface area (Å²) < 4.78 is 17.8. The van der Waals surface area contributed by atoms with Crippen LogP contribution in [-0.2, 0) is 0 Å². The van der Waals surface area contributed by atoms with Gasteiger partial charge in [0.25, 0.3) is 5.89 Å². The maximum atomic E-state index is 6.06. The van der Waals surface area contributed by atoms with Gasteiger partial charge in [-0.1, -0.05) is 28.0 Å². The number of rotatable bonds is 3. The van der Waals surface area contributed by atoms with Gasteiger partial charge in [0.05, 0.1) is 11.4 Å². The highest BCUT2D eigenvalue weighted by atomic mass is 35.5. The summed E-state index contributed by atoms with van der Waals surface area (Å²) in [5, 5.41) is 13.0. The molecule has 9 heteroatoms. The Labute approximate surface area is 158 Å². The van der Waals surface area contributed by atoms with Crippen LogP contribution in [0.4, 0.5) is 0 Å². The van der Waals surface area contributed by atoms with Crippen LogP contribution in [0.3, 0.4) is 0 Å². The van der Waals surface area contributed by atoms with Gasteiger partial charge in [0, 0.05) is 10.6 Å². The Morgan fingerprint density at radius 3 is 2.85 bits per heavy atom. The van der Waals surface area contributed by atoms with Gasteiger partial charge in [-0.2, -0.15) is 4.98 Å². The molecule has 0 N–H and O–H groups in total. The SMILES string of the molecule is Cc1c(-c2nc(-c3ccc4c(c3)OCO4)no2)nnn1-c1cccc(Cl)c1. The molecule has 1 aliphatic heterocycles. The van der Waals surface area contributed by atoms with Crippen LogP contribution in [0.15, 0.2) is 47.0 Å². The van der Waals surface area contributed by atoms with Crippen molar-refractivity contribution in [1.29, 1.82) is 0 Å². The molecule has 0 bridgehead atoms. The van der Waals surface area contributed by atoms with Crippen LogP contribution < -0.4 is 9.47 Å². The highest BCUT2D eigenvalue weighted by Crippen LogP contribution is 2.35. The van der Waals surface area contributed by atoms with Crippen molar-refractivity contribution in [2.75, 3.05) is 6.79 Å². The smallest absolute Gasteiger partial charge is 0.280 e. The molecule has 2 aromatic carbocycles. The lowest BCUT2D eigenvalue weighted by Crippen LogP contribution is -1.98. The molecule has 3 heterocycles. The molecule has 0 saturated heterocycles. The number of halogens is 1. The first-order chi connectivity index (χ1) is 13.2. The summed E-state index contributed by atoms with van der Waals surface area (Å²) in [7, 11) is 0. The summed E-state index contributed by atoms with van der Waals surface area (Å²) >= 11 is 6.06. The van der Waals surface area contributed by atoms with Gasteiger partial charge in [0.1, 0.15) is 0 Å². The lowest BCUT2D eigenvalue weighted by atomic mass is 10.2. The van der Waals surface area contributed by atoms with Crippen molar-refractivity contribution in [3.8, 4) is 40.2 Å². The summed E-state index contributed by atoms with van der Waals surface area (Å²) in [6.07, 6.45) is 0. The highest BCUT2D eigenvalue weighted by Gasteiger charge is 2.20. The maximum Gasteiger partial charge on any atom is 0.280 e. The lowest BCUT2D eigenvalue weighted by Gasteiger charge is -2.03. The Balaban J connectivity index is 1.50. The van der Waals surface area contributed by atoms with Gasteiger partial charge in [-0.05, 0) is 43.3 Å². The van der Waals surface area contributed by atoms with E-state index in [2.05, 4.69) is 20.5 Å². The number of nitrogens with zero attached hydrogens (tertiary/aromatic N) is 5. The van der Waals surface area contributed by atoms with Crippen molar-refractivity contribution in [3.63, 3.8) is 0 Å². The first-order valence-electron chi connectivity index (χ1n) is 8.11. The van der Waals surface area contributed by atoms with Crippen LogP contribution in [0, 0.1) is 6.92 Å². The summed E-state index contributed by atoms with van der Waals surface area (Å²) in [4.78, 5) is 4.45. The van der Waals surface area contributed by atoms with Gasteiger partial charge in [0.2, 0.25) is 12.6 Å². The molecule has 0 unspecified atom stereocenters. The lowest BCUT2D eigenvalue weighted by molar-refractivity contribution is 0.174. The second-order valence-electron chi connectivity index (χ2n) is 5.91. The average molecular weight is 382 g/mol. The van der Waals surface area contributed by atoms with Crippen LogP contribution in [0.25, 0.3) is 28.7 Å². The van der Waals surface area contributed by atoms with Crippen molar-refractivity contribution in [2.24, 2.45) is 0 Å². The number of fused-ring (bicyclic) bond motifs is 1. The van der Waals surface area contributed by atoms with Crippen molar-refractivity contribution in [1.82, 2.24) is 25.1 Å². The molecule has 0 spiro atoms. The molecule has 0 amide bonds. The fourth-order valence-corrected chi connectivity index (χ4v) is 3.04. The van der Waals surface area contributed by atoms with Crippen LogP contribution >= 0.6 is 11.6 Å². The van der Waals surface area contributed by atoms with Gasteiger partial charge >= 0.3 is 0 Å². The van der Waals surface area contributed by atoms with E-state index in [9.17, 15) is 0 Å². The quantitative estimate of drug-likeness (QED) is 0.534. The molecule has 8 nitrogen and oxygen atoms in total. The van der Waals surface area contributed by atoms with E-state index in [1.54, 1.807) is 16.8 Å². The fraction of sp³-hybridized carbons (Fsp3) is 0.111. The number of aromatic nitrogens is 5. The Bertz CT molecular complexity index is 1150. The molecule has 4 aromatic rings. The highest BCUT2D eigenvalue weighted by molar-refractivity contribution is 6.30. The molecular formula is C18H12ClN5O3. The number of ether oxygens (including phenoxy) is 2. The van der Waals surface area contributed by atoms with Gasteiger partial charge in [-0.3, -0.25) is 0 Å². The van der Waals surface area contributed by atoms with Crippen LogP contribution in [0.2, 0.25) is 5.02 Å². The molecule has 0 radical (unpaired) electrons. The summed E-state index contributed by atoms with van der Waals surface area (Å²) in [6.45, 7) is 2.09. The molecule has 27 heavy (non-hydrogen) atoms. The third kappa shape index (κ3) is 2.70. The van der Waals surface area contributed by atoms with Crippen molar-refractivity contribution in [3.05, 3.63) is 53.2 Å². The number of benzene rings is 2. The monoisotopic (exact) mass is 381 g/mol. The molecule has 0 fully saturated rings. The maximum absolute atomic E-state index is 6.06. The second kappa shape index (κ2) is 6.10. The minimum Gasteiger partial charge on any atom is -0.454 e. The average Bonchev–Trinajstić information content (AvgIpc) is 3.40. The van der Waals surface area contributed by atoms with E-state index in [1.165, 1.54) is 0 Å². The summed E-state index contributed by atoms with van der Waals surface area (Å²) in [5.74, 6) is 2.07. The van der Waals surface area contributed by atoms with Crippen molar-refractivity contribution >= 4 is 11.6 Å². The number of hydrogen-bond acceptors (Lipinski definition) is 7. The normalized spacial score (nSPS) is 12.5. The Morgan fingerprint density at radius 2 is 1.96 bits per heavy atom. The van der Waals surface area contributed by atoms with Crippen LogP contribution in [0.5, 0.6) is 11.5 Å². The van der Waals surface area contributed by atoms with E-state index in [1.807, 2.05) is 37.3 Å². The van der Waals surface area contributed by atoms with Crippen LogP contribution in [-0.4, -0.2) is 31.9 Å². The Morgan fingerprint density at radius 1 is 1.07 bits per heavy atom. The topological polar surface area (TPSA) is 88.1 Å². The van der Waals surface area contributed by atoms with Crippen LogP contribution in [0.1, 0.15) is 5.69 Å². The van der Waals surface area contributed by atoms with Crippen molar-refractivity contribution in [2.45, 2.75) is 6.92 Å². The van der Waals surface area contributed by atoms with E-state index in [0.717, 1.165) is 16.9 Å². The molecule has 0 atom stereocenters. The third-order valence-electron chi connectivity index (χ3n) is 4.21. The zero-order chi connectivity index (χ0) is 18.4. The standard InChI is InChI=1S/C18H12ClN5O3/c1-10-16(21-23-24(10)13-4-2-3-12(19)8-13)18-20-17(22-27-18)11-5-6-14-15(7-11)26-9-25-14/h2-8H,9H2,1H3. The number of hydrogen-bond donors (Lipinski definition) is 0. The molecule has 134 valence electrons. The summed E-state index contributed by atoms with van der Waals surface area (Å²) in [6, 6.07) is 12.8. The minimum absolute atomic E-state index is 0.210. The molecule has 1 aliphatic rings. The predicted octanol–water partition coefficient (Wildman–Crippen LogP) is 3.67. The van der Waals surface area contributed by atoms with E-state index in [-0.39, 0.29) is 12.7 Å². The van der Waals surface area contributed by atoms with E-state index in [4.69, 9.17) is 25.6 Å². The van der Waals surface area contributed by atoms with Crippen molar-refractivity contribution < 1.29 is 14.0 Å². The largest absolute Gasteiger partial charge is 0.454 e. The third-order valence-corrected chi connectivity index (χ3v) is 4.44. The van der Waals surface area contributed by atoms with Gasteiger partial charge < -0.3 is 14.0 Å². The van der Waals surface area contributed by atoms with E-state index < -0.39 is 0 Å². The first kappa shape index (κ1) is 15.8. The van der Waals surface area contributed by atoms with E-state index in [0.29, 0.717) is 28.0 Å². The Hall–Kier alpha value is -3.39. The fourth-order valence-electron chi connectivity index (χ4n) is 2.85. The molecule has 0 aliphatic carbocycles. The molecule has 0 saturated carbocycles. The second-order valence-corrected chi connectivity index (χ2v) is 6.34. The predicted molar refractivity (Wildman–Crippen MR) is 96.0 cm³/mol. The van der Waals surface area contributed by atoms with Gasteiger partial charge in [-0.15, -0.1) is 5.10 Å². The van der Waals surface area contributed by atoms with E-state index >= 15 is 0 Å². The molecule has 5 rings (SSSR count). The Kier molecular flexibility index (Phi) is 3.58. The summed E-state index contributed by atoms with van der Waals surface area (Å²) in [5.41, 5.74) is 2.83.